The topological polar surface area (TPSA) is 128 Å². The van der Waals surface area contributed by atoms with Crippen molar-refractivity contribution in [1.82, 2.24) is 4.98 Å². The van der Waals surface area contributed by atoms with Gasteiger partial charge in [-0.1, -0.05) is 0 Å². The predicted octanol–water partition coefficient (Wildman–Crippen LogP) is 4.12. The zero-order chi connectivity index (χ0) is 24.4. The van der Waals surface area contributed by atoms with E-state index in [1.807, 2.05) is 6.07 Å². The van der Waals surface area contributed by atoms with E-state index in [1.54, 1.807) is 19.1 Å². The first-order valence-corrected chi connectivity index (χ1v) is 11.2. The number of anilines is 1. The summed E-state index contributed by atoms with van der Waals surface area (Å²) in [7, 11) is 0. The van der Waals surface area contributed by atoms with Gasteiger partial charge < -0.3 is 18.9 Å². The molecule has 0 aliphatic heterocycles. The summed E-state index contributed by atoms with van der Waals surface area (Å²) in [4.78, 5) is 52.8. The van der Waals surface area contributed by atoms with Crippen LogP contribution in [-0.4, -0.2) is 41.8 Å². The number of ether oxygens (including phenoxy) is 2. The van der Waals surface area contributed by atoms with Crippen LogP contribution >= 0.6 is 0 Å². The molecule has 0 unspecified atom stereocenters. The van der Waals surface area contributed by atoms with Gasteiger partial charge in [-0.2, -0.15) is 0 Å². The van der Waals surface area contributed by atoms with Crippen molar-refractivity contribution < 1.29 is 33.1 Å². The number of furan rings is 1. The van der Waals surface area contributed by atoms with Gasteiger partial charge in [-0.25, -0.2) is 9.59 Å². The largest absolute Gasteiger partial charge is 0.462 e. The lowest BCUT2D eigenvalue weighted by atomic mass is 9.95. The van der Waals surface area contributed by atoms with Gasteiger partial charge in [-0.05, 0) is 70.2 Å². The smallest absolute Gasteiger partial charge is 0.344 e. The third-order valence-corrected chi connectivity index (χ3v) is 5.84. The Morgan fingerprint density at radius 1 is 1.06 bits per heavy atom. The fraction of sp³-hybridized carbons (Fsp3) is 0.360. The Balaban J connectivity index is 1.46. The van der Waals surface area contributed by atoms with Crippen molar-refractivity contribution in [3.8, 4) is 0 Å². The number of esters is 2. The lowest BCUT2D eigenvalue weighted by molar-refractivity contribution is -0.119. The van der Waals surface area contributed by atoms with Crippen LogP contribution in [0.5, 0.6) is 0 Å². The number of H-pyrrole nitrogens is 1. The number of hydrogen-bond donors (Lipinski definition) is 2. The molecule has 178 valence electrons. The van der Waals surface area contributed by atoms with Crippen LogP contribution in [0.3, 0.4) is 0 Å². The summed E-state index contributed by atoms with van der Waals surface area (Å²) < 4.78 is 15.6. The minimum atomic E-state index is -0.792. The van der Waals surface area contributed by atoms with Crippen LogP contribution in [0.25, 0.3) is 10.9 Å². The maximum atomic E-state index is 12.6. The Morgan fingerprint density at radius 2 is 1.82 bits per heavy atom. The molecule has 3 aromatic rings. The fourth-order valence-corrected chi connectivity index (χ4v) is 4.36. The highest BCUT2D eigenvalue weighted by atomic mass is 16.5. The molecule has 2 N–H and O–H groups in total. The van der Waals surface area contributed by atoms with Crippen LogP contribution in [0, 0.1) is 6.92 Å². The minimum Gasteiger partial charge on any atom is -0.462 e. The average molecular weight is 466 g/mol. The van der Waals surface area contributed by atoms with Crippen LogP contribution in [0.1, 0.15) is 74.8 Å². The number of carbonyl (C=O) groups excluding carboxylic acids is 4. The van der Waals surface area contributed by atoms with Gasteiger partial charge in [0.15, 0.2) is 12.4 Å². The second-order valence-electron chi connectivity index (χ2n) is 8.19. The normalized spacial score (nSPS) is 12.8. The first-order chi connectivity index (χ1) is 16.3. The van der Waals surface area contributed by atoms with Crippen molar-refractivity contribution in [2.45, 2.75) is 46.5 Å². The molecule has 0 spiro atoms. The molecule has 0 saturated heterocycles. The van der Waals surface area contributed by atoms with E-state index in [1.165, 1.54) is 25.1 Å². The second kappa shape index (κ2) is 9.54. The van der Waals surface area contributed by atoms with Gasteiger partial charge in [-0.15, -0.1) is 0 Å². The van der Waals surface area contributed by atoms with Gasteiger partial charge >= 0.3 is 11.9 Å². The number of Topliss-reactive ketones (excluding diaryl/α,β-unsaturated/α-hetero) is 1. The standard InChI is InChI=1S/C25H26N2O7/c1-4-32-25(31)22-21(13(2)28)14(3)34-23(22)27-20(29)12-33-24(30)15-9-10-19-17(11-15)16-7-5-6-8-18(16)26-19/h9-11,26H,4-8,12H2,1-3H3,(H,27,29). The third-order valence-electron chi connectivity index (χ3n) is 5.84. The minimum absolute atomic E-state index is 0.0360. The maximum Gasteiger partial charge on any atom is 0.344 e. The Hall–Kier alpha value is -3.88. The molecule has 0 fully saturated rings. The SMILES string of the molecule is CCOC(=O)c1c(NC(=O)COC(=O)c2ccc3[nH]c4c(c3c2)CCCC4)oc(C)c1C(C)=O. The van der Waals surface area contributed by atoms with E-state index in [9.17, 15) is 19.2 Å². The van der Waals surface area contributed by atoms with E-state index in [2.05, 4.69) is 10.3 Å². The van der Waals surface area contributed by atoms with Crippen molar-refractivity contribution in [2.24, 2.45) is 0 Å². The Bertz CT molecular complexity index is 1300. The molecule has 9 heteroatoms. The van der Waals surface area contributed by atoms with Gasteiger partial charge in [0.05, 0.1) is 17.7 Å². The Morgan fingerprint density at radius 3 is 2.56 bits per heavy atom. The van der Waals surface area contributed by atoms with Gasteiger partial charge in [0.1, 0.15) is 11.3 Å². The molecule has 2 heterocycles. The number of aromatic amines is 1. The van der Waals surface area contributed by atoms with Crippen LogP contribution in [-0.2, 0) is 27.1 Å². The number of benzene rings is 1. The van der Waals surface area contributed by atoms with Crippen molar-refractivity contribution in [3.63, 3.8) is 0 Å². The van der Waals surface area contributed by atoms with E-state index >= 15 is 0 Å². The van der Waals surface area contributed by atoms with E-state index in [0.717, 1.165) is 36.6 Å². The highest BCUT2D eigenvalue weighted by Crippen LogP contribution is 2.30. The summed E-state index contributed by atoms with van der Waals surface area (Å²) in [5, 5.41) is 3.39. The number of hydrogen-bond acceptors (Lipinski definition) is 7. The van der Waals surface area contributed by atoms with E-state index in [4.69, 9.17) is 13.9 Å². The number of ketones is 1. The molecule has 1 aliphatic rings. The number of amides is 1. The number of aryl methyl sites for hydroxylation is 3. The molecule has 9 nitrogen and oxygen atoms in total. The Labute approximate surface area is 195 Å². The molecule has 34 heavy (non-hydrogen) atoms. The number of nitrogens with one attached hydrogen (secondary N) is 2. The molecule has 4 rings (SSSR count). The van der Waals surface area contributed by atoms with Gasteiger partial charge in [-0.3, -0.25) is 14.9 Å². The van der Waals surface area contributed by atoms with E-state index in [-0.39, 0.29) is 29.4 Å². The summed E-state index contributed by atoms with van der Waals surface area (Å²) in [6.45, 7) is 3.90. The highest BCUT2D eigenvalue weighted by Gasteiger charge is 2.29. The number of aromatic nitrogens is 1. The molecule has 0 radical (unpaired) electrons. The van der Waals surface area contributed by atoms with Crippen molar-refractivity contribution in [2.75, 3.05) is 18.5 Å². The lowest BCUT2D eigenvalue weighted by Crippen LogP contribution is -2.22. The third kappa shape index (κ3) is 4.46. The number of carbonyl (C=O) groups is 4. The molecule has 1 aromatic carbocycles. The summed E-state index contributed by atoms with van der Waals surface area (Å²) in [6.07, 6.45) is 4.21. The van der Waals surface area contributed by atoms with Gasteiger partial charge in [0.2, 0.25) is 5.88 Å². The van der Waals surface area contributed by atoms with Crippen LogP contribution < -0.4 is 5.32 Å². The zero-order valence-corrected chi connectivity index (χ0v) is 19.3. The quantitative estimate of drug-likeness (QED) is 0.396. The molecule has 2 aromatic heterocycles. The molecule has 1 amide bonds. The summed E-state index contributed by atoms with van der Waals surface area (Å²) in [5.74, 6) is -2.61. The first-order valence-electron chi connectivity index (χ1n) is 11.2. The Kier molecular flexibility index (Phi) is 6.54. The molecule has 0 bridgehead atoms. The van der Waals surface area contributed by atoms with Crippen molar-refractivity contribution in [1.29, 1.82) is 0 Å². The average Bonchev–Trinajstić information content (AvgIpc) is 3.34. The zero-order valence-electron chi connectivity index (χ0n) is 19.3. The van der Waals surface area contributed by atoms with E-state index < -0.39 is 30.2 Å². The van der Waals surface area contributed by atoms with Gasteiger partial charge in [0.25, 0.3) is 5.91 Å². The lowest BCUT2D eigenvalue weighted by Gasteiger charge is -2.10. The molecular formula is C25H26N2O7. The van der Waals surface area contributed by atoms with Gasteiger partial charge in [0, 0.05) is 16.6 Å². The highest BCUT2D eigenvalue weighted by molar-refractivity contribution is 6.11. The summed E-state index contributed by atoms with van der Waals surface area (Å²) in [6, 6.07) is 5.27. The number of rotatable bonds is 7. The predicted molar refractivity (Wildman–Crippen MR) is 123 cm³/mol. The summed E-state index contributed by atoms with van der Waals surface area (Å²) in [5.41, 5.74) is 3.63. The first kappa shape index (κ1) is 23.3. The van der Waals surface area contributed by atoms with Crippen LogP contribution in [0.15, 0.2) is 22.6 Å². The molecule has 0 saturated carbocycles. The fourth-order valence-electron chi connectivity index (χ4n) is 4.36. The monoisotopic (exact) mass is 466 g/mol. The van der Waals surface area contributed by atoms with E-state index in [0.29, 0.717) is 5.56 Å². The molecular weight excluding hydrogens is 440 g/mol. The molecule has 0 atom stereocenters. The maximum absolute atomic E-state index is 12.6. The van der Waals surface area contributed by atoms with Crippen LogP contribution in [0.4, 0.5) is 5.88 Å². The summed E-state index contributed by atoms with van der Waals surface area (Å²) >= 11 is 0. The van der Waals surface area contributed by atoms with Crippen molar-refractivity contribution >= 4 is 40.4 Å². The van der Waals surface area contributed by atoms with Crippen LogP contribution in [0.2, 0.25) is 0 Å². The van der Waals surface area contributed by atoms with Crippen molar-refractivity contribution in [3.05, 3.63) is 51.9 Å². The number of fused-ring (bicyclic) bond motifs is 3. The second-order valence-corrected chi connectivity index (χ2v) is 8.19. The molecule has 1 aliphatic carbocycles.